The van der Waals surface area contributed by atoms with E-state index in [1.54, 1.807) is 37.3 Å². The van der Waals surface area contributed by atoms with E-state index in [-0.39, 0.29) is 39.6 Å². The van der Waals surface area contributed by atoms with Gasteiger partial charge in [-0.15, -0.1) is 0 Å². The van der Waals surface area contributed by atoms with Gasteiger partial charge in [0.15, 0.2) is 0 Å². The van der Waals surface area contributed by atoms with Crippen molar-refractivity contribution in [2.45, 2.75) is 30.9 Å². The van der Waals surface area contributed by atoms with Crippen molar-refractivity contribution in [3.8, 4) is 5.75 Å². The van der Waals surface area contributed by atoms with E-state index in [0.29, 0.717) is 31.0 Å². The minimum absolute atomic E-state index is 0.00791. The van der Waals surface area contributed by atoms with Crippen molar-refractivity contribution < 1.29 is 22.7 Å². The monoisotopic (exact) mass is 495 g/mol. The van der Waals surface area contributed by atoms with Crippen LogP contribution in [0.4, 0.5) is 5.69 Å². The first-order valence-electron chi connectivity index (χ1n) is 10.7. The van der Waals surface area contributed by atoms with Gasteiger partial charge in [-0.25, -0.2) is 8.42 Å². The summed E-state index contributed by atoms with van der Waals surface area (Å²) in [4.78, 5) is 14.7. The van der Waals surface area contributed by atoms with Crippen LogP contribution >= 0.6 is 11.6 Å². The molecule has 0 bridgehead atoms. The number of rotatable bonds is 4. The minimum atomic E-state index is -3.92. The number of carbonyl (C=O) groups excluding carboxylic acids is 1. The van der Waals surface area contributed by atoms with Crippen LogP contribution in [-0.4, -0.2) is 65.2 Å². The summed E-state index contributed by atoms with van der Waals surface area (Å²) < 4.78 is 39.8. The number of sulfonamides is 1. The van der Waals surface area contributed by atoms with Gasteiger partial charge in [0.1, 0.15) is 17.3 Å². The number of likely N-dealkylation sites (N-methyl/N-ethyl adjacent to an activating group) is 1. The van der Waals surface area contributed by atoms with Crippen LogP contribution in [-0.2, 0) is 14.8 Å². The van der Waals surface area contributed by atoms with E-state index in [1.807, 2.05) is 6.92 Å². The van der Waals surface area contributed by atoms with E-state index in [9.17, 15) is 13.2 Å². The summed E-state index contributed by atoms with van der Waals surface area (Å²) in [5, 5.41) is 3.53. The molecule has 2 aromatic rings. The maximum absolute atomic E-state index is 13.2. The van der Waals surface area contributed by atoms with E-state index in [1.165, 1.54) is 24.3 Å². The van der Waals surface area contributed by atoms with Crippen LogP contribution in [0.3, 0.4) is 0 Å². The molecule has 1 amide bonds. The summed E-state index contributed by atoms with van der Waals surface area (Å²) in [5.41, 5.74) is 0.605. The third kappa shape index (κ3) is 6.17. The molecule has 3 rings (SSSR count). The summed E-state index contributed by atoms with van der Waals surface area (Å²) in [5.74, 6) is 0.247. The largest absolute Gasteiger partial charge is 0.491 e. The molecule has 0 unspecified atom stereocenters. The van der Waals surface area contributed by atoms with E-state index >= 15 is 0 Å². The molecule has 1 aliphatic heterocycles. The number of anilines is 1. The second kappa shape index (κ2) is 10.7. The molecular formula is C23H30ClN3O5S. The summed E-state index contributed by atoms with van der Waals surface area (Å²) in [6, 6.07) is 10.8. The van der Waals surface area contributed by atoms with Crippen molar-refractivity contribution in [2.24, 2.45) is 5.92 Å². The fourth-order valence-electron chi connectivity index (χ4n) is 3.59. The number of hydrogen-bond acceptors (Lipinski definition) is 6. The molecular weight excluding hydrogens is 466 g/mol. The van der Waals surface area contributed by atoms with E-state index in [4.69, 9.17) is 21.1 Å². The molecule has 0 aliphatic carbocycles. The Morgan fingerprint density at radius 3 is 2.64 bits per heavy atom. The Labute approximate surface area is 200 Å². The summed E-state index contributed by atoms with van der Waals surface area (Å²) >= 11 is 6.07. The first kappa shape index (κ1) is 25.3. The molecule has 0 saturated carbocycles. The van der Waals surface area contributed by atoms with Crippen LogP contribution in [0, 0.1) is 5.92 Å². The Hall–Kier alpha value is -2.33. The van der Waals surface area contributed by atoms with Gasteiger partial charge in [-0.2, -0.15) is 0 Å². The number of amides is 1. The first-order valence-corrected chi connectivity index (χ1v) is 12.5. The van der Waals surface area contributed by atoms with Gasteiger partial charge in [0.2, 0.25) is 0 Å². The lowest BCUT2D eigenvalue weighted by molar-refractivity contribution is 0.0281. The Morgan fingerprint density at radius 1 is 1.21 bits per heavy atom. The minimum Gasteiger partial charge on any atom is -0.491 e. The summed E-state index contributed by atoms with van der Waals surface area (Å²) in [7, 11) is -0.573. The molecule has 10 heteroatoms. The van der Waals surface area contributed by atoms with Gasteiger partial charge in [-0.3, -0.25) is 9.52 Å². The Bertz CT molecular complexity index is 1100. The average Bonchev–Trinajstić information content (AvgIpc) is 2.78. The van der Waals surface area contributed by atoms with Crippen LogP contribution in [0.2, 0.25) is 5.02 Å². The van der Waals surface area contributed by atoms with Gasteiger partial charge in [-0.1, -0.05) is 30.7 Å². The Balaban J connectivity index is 1.93. The van der Waals surface area contributed by atoms with Crippen molar-refractivity contribution in [2.75, 3.05) is 38.6 Å². The molecule has 2 aromatic carbocycles. The zero-order valence-corrected chi connectivity index (χ0v) is 20.7. The van der Waals surface area contributed by atoms with Gasteiger partial charge in [-0.05, 0) is 37.1 Å². The number of nitrogens with zero attached hydrogens (tertiary/aromatic N) is 1. The molecule has 180 valence electrons. The average molecular weight is 496 g/mol. The number of nitrogens with one attached hydrogen (secondary N) is 2. The molecule has 0 fully saturated rings. The highest BCUT2D eigenvalue weighted by atomic mass is 35.5. The second-order valence-electron chi connectivity index (χ2n) is 8.30. The third-order valence-corrected chi connectivity index (χ3v) is 7.49. The van der Waals surface area contributed by atoms with Crippen molar-refractivity contribution in [1.82, 2.24) is 10.2 Å². The van der Waals surface area contributed by atoms with Gasteiger partial charge in [0, 0.05) is 39.4 Å². The predicted molar refractivity (Wildman–Crippen MR) is 129 cm³/mol. The van der Waals surface area contributed by atoms with Crippen LogP contribution in [0.5, 0.6) is 5.75 Å². The molecule has 0 radical (unpaired) electrons. The standard InChI is InChI=1S/C23H30ClN3O5S/c1-15-12-25-16(2)14-32-20-11-17(26-33(29,30)22-8-6-5-7-19(22)24)9-10-18(20)23(28)27(3)13-21(15)31-4/h5-11,15-16,21,25-26H,12-14H2,1-4H3/t15-,16+,21-/m1/s1. The van der Waals surface area contributed by atoms with Crippen LogP contribution in [0.1, 0.15) is 24.2 Å². The smallest absolute Gasteiger partial charge is 0.263 e. The van der Waals surface area contributed by atoms with Gasteiger partial charge < -0.3 is 19.7 Å². The zero-order chi connectivity index (χ0) is 24.2. The SMILES string of the molecule is CO[C@@H]1CN(C)C(=O)c2ccc(NS(=O)(=O)c3ccccc3Cl)cc2OC[C@H](C)NC[C@H]1C. The van der Waals surface area contributed by atoms with E-state index in [2.05, 4.69) is 17.0 Å². The van der Waals surface area contributed by atoms with Crippen molar-refractivity contribution in [1.29, 1.82) is 0 Å². The van der Waals surface area contributed by atoms with Crippen molar-refractivity contribution in [3.63, 3.8) is 0 Å². The van der Waals surface area contributed by atoms with Crippen LogP contribution < -0.4 is 14.8 Å². The number of carbonyl (C=O) groups is 1. The lowest BCUT2D eigenvalue weighted by Gasteiger charge is -2.30. The van der Waals surface area contributed by atoms with Gasteiger partial charge in [0.05, 0.1) is 22.4 Å². The fourth-order valence-corrected chi connectivity index (χ4v) is 5.16. The zero-order valence-electron chi connectivity index (χ0n) is 19.2. The number of benzene rings is 2. The number of hydrogen-bond donors (Lipinski definition) is 2. The second-order valence-corrected chi connectivity index (χ2v) is 10.4. The van der Waals surface area contributed by atoms with E-state index < -0.39 is 10.0 Å². The quantitative estimate of drug-likeness (QED) is 0.676. The first-order chi connectivity index (χ1) is 15.6. The van der Waals surface area contributed by atoms with Crippen LogP contribution in [0.25, 0.3) is 0 Å². The Kier molecular flexibility index (Phi) is 8.23. The molecule has 3 atom stereocenters. The highest BCUT2D eigenvalue weighted by Crippen LogP contribution is 2.29. The van der Waals surface area contributed by atoms with Crippen molar-refractivity contribution in [3.05, 3.63) is 53.1 Å². The molecule has 0 spiro atoms. The van der Waals surface area contributed by atoms with Crippen molar-refractivity contribution >= 4 is 33.2 Å². The molecule has 0 aromatic heterocycles. The van der Waals surface area contributed by atoms with Gasteiger partial charge in [0.25, 0.3) is 15.9 Å². The lowest BCUT2D eigenvalue weighted by atomic mass is 10.0. The normalized spacial score (nSPS) is 22.5. The topological polar surface area (TPSA) is 97.0 Å². The molecule has 33 heavy (non-hydrogen) atoms. The van der Waals surface area contributed by atoms with Gasteiger partial charge >= 0.3 is 0 Å². The highest BCUT2D eigenvalue weighted by Gasteiger charge is 2.26. The molecule has 0 saturated heterocycles. The summed E-state index contributed by atoms with van der Waals surface area (Å²) in [6.45, 7) is 5.47. The lowest BCUT2D eigenvalue weighted by Crippen LogP contribution is -2.44. The van der Waals surface area contributed by atoms with Crippen LogP contribution in [0.15, 0.2) is 47.4 Å². The molecule has 2 N–H and O–H groups in total. The number of methoxy groups -OCH3 is 1. The maximum atomic E-state index is 13.2. The number of fused-ring (bicyclic) bond motifs is 1. The number of ether oxygens (including phenoxy) is 2. The third-order valence-electron chi connectivity index (χ3n) is 5.61. The maximum Gasteiger partial charge on any atom is 0.263 e. The Morgan fingerprint density at radius 2 is 1.94 bits per heavy atom. The summed E-state index contributed by atoms with van der Waals surface area (Å²) in [6.07, 6.45) is -0.135. The van der Waals surface area contributed by atoms with E-state index in [0.717, 1.165) is 0 Å². The predicted octanol–water partition coefficient (Wildman–Crippen LogP) is 3.23. The molecule has 8 nitrogen and oxygen atoms in total. The molecule has 1 aliphatic rings. The highest BCUT2D eigenvalue weighted by molar-refractivity contribution is 7.92. The number of halogens is 1. The molecule has 1 heterocycles. The fraction of sp³-hybridized carbons (Fsp3) is 0.435.